The van der Waals surface area contributed by atoms with E-state index in [9.17, 15) is 14.4 Å². The van der Waals surface area contributed by atoms with E-state index >= 15 is 0 Å². The van der Waals surface area contributed by atoms with E-state index in [4.69, 9.17) is 5.11 Å². The molecule has 2 fully saturated rings. The highest BCUT2D eigenvalue weighted by atomic mass is 16.4. The van der Waals surface area contributed by atoms with Gasteiger partial charge < -0.3 is 20.6 Å². The molecule has 1 unspecified atom stereocenters. The van der Waals surface area contributed by atoms with Gasteiger partial charge in [-0.15, -0.1) is 0 Å². The number of nitrogens with zero attached hydrogens (tertiary/aromatic N) is 1. The van der Waals surface area contributed by atoms with E-state index in [1.54, 1.807) is 0 Å². The van der Waals surface area contributed by atoms with Crippen molar-refractivity contribution in [3.63, 3.8) is 0 Å². The predicted molar refractivity (Wildman–Crippen MR) is 80.4 cm³/mol. The molecule has 3 amide bonds. The van der Waals surface area contributed by atoms with Crippen LogP contribution in [0.25, 0.3) is 0 Å². The Morgan fingerprint density at radius 2 is 1.77 bits per heavy atom. The minimum Gasteiger partial charge on any atom is -0.480 e. The largest absolute Gasteiger partial charge is 0.480 e. The van der Waals surface area contributed by atoms with Crippen molar-refractivity contribution in [1.29, 1.82) is 0 Å². The number of hydrogen-bond donors (Lipinski definition) is 3. The lowest BCUT2D eigenvalue weighted by Crippen LogP contribution is -2.51. The van der Waals surface area contributed by atoms with Crippen LogP contribution in [0.15, 0.2) is 0 Å². The summed E-state index contributed by atoms with van der Waals surface area (Å²) in [5, 5.41) is 14.5. The van der Waals surface area contributed by atoms with Gasteiger partial charge in [-0.1, -0.05) is 19.3 Å². The standard InChI is InChI=1S/C15H25N3O4/c1-10(14(20)21)18(12-7-8-12)13(19)9-16-15(22)17-11-5-3-2-4-6-11/h10-12H,2-9H2,1H3,(H,20,21)(H2,16,17,22). The topological polar surface area (TPSA) is 98.7 Å². The van der Waals surface area contributed by atoms with E-state index in [1.165, 1.54) is 18.2 Å². The molecule has 0 aromatic rings. The Morgan fingerprint density at radius 3 is 2.32 bits per heavy atom. The minimum atomic E-state index is -1.02. The first-order valence-corrected chi connectivity index (χ1v) is 8.07. The Kier molecular flexibility index (Phi) is 5.63. The lowest BCUT2D eigenvalue weighted by Gasteiger charge is -2.27. The first-order valence-electron chi connectivity index (χ1n) is 8.07. The molecule has 0 aliphatic heterocycles. The molecular formula is C15H25N3O4. The third-order valence-electron chi connectivity index (χ3n) is 4.34. The van der Waals surface area contributed by atoms with Gasteiger partial charge in [-0.3, -0.25) is 4.79 Å². The number of hydrogen-bond acceptors (Lipinski definition) is 3. The van der Waals surface area contributed by atoms with E-state index in [1.807, 2.05) is 0 Å². The molecule has 1 atom stereocenters. The maximum atomic E-state index is 12.2. The number of nitrogens with one attached hydrogen (secondary N) is 2. The minimum absolute atomic E-state index is 0.00167. The van der Waals surface area contributed by atoms with Crippen LogP contribution in [-0.2, 0) is 9.59 Å². The van der Waals surface area contributed by atoms with Gasteiger partial charge in [0.2, 0.25) is 5.91 Å². The Morgan fingerprint density at radius 1 is 1.14 bits per heavy atom. The van der Waals surface area contributed by atoms with Crippen LogP contribution in [0.5, 0.6) is 0 Å². The molecule has 2 aliphatic carbocycles. The summed E-state index contributed by atoms with van der Waals surface area (Å²) in [7, 11) is 0. The van der Waals surface area contributed by atoms with Crippen LogP contribution in [0.1, 0.15) is 51.9 Å². The van der Waals surface area contributed by atoms with Crippen molar-refractivity contribution in [1.82, 2.24) is 15.5 Å². The van der Waals surface area contributed by atoms with Crippen LogP contribution < -0.4 is 10.6 Å². The third kappa shape index (κ3) is 4.61. The molecule has 0 aromatic carbocycles. The van der Waals surface area contributed by atoms with Gasteiger partial charge in [0.05, 0.1) is 6.54 Å². The van der Waals surface area contributed by atoms with Gasteiger partial charge in [-0.05, 0) is 32.6 Å². The number of carbonyl (C=O) groups excluding carboxylic acids is 2. The molecular weight excluding hydrogens is 286 g/mol. The molecule has 22 heavy (non-hydrogen) atoms. The van der Waals surface area contributed by atoms with Crippen LogP contribution in [-0.4, -0.2) is 52.6 Å². The van der Waals surface area contributed by atoms with Crippen molar-refractivity contribution in [3.05, 3.63) is 0 Å². The average molecular weight is 311 g/mol. The first-order chi connectivity index (χ1) is 10.5. The Labute approximate surface area is 130 Å². The van der Waals surface area contributed by atoms with E-state index < -0.39 is 12.0 Å². The van der Waals surface area contributed by atoms with Gasteiger partial charge >= 0.3 is 12.0 Å². The normalized spacial score (nSPS) is 20.0. The van der Waals surface area contributed by atoms with Gasteiger partial charge in [-0.2, -0.15) is 0 Å². The molecule has 7 nitrogen and oxygen atoms in total. The lowest BCUT2D eigenvalue weighted by atomic mass is 9.96. The summed E-state index contributed by atoms with van der Waals surface area (Å²) in [6.07, 6.45) is 7.07. The first kappa shape index (κ1) is 16.6. The summed E-state index contributed by atoms with van der Waals surface area (Å²) in [5.41, 5.74) is 0. The van der Waals surface area contributed by atoms with Gasteiger partial charge in [0.1, 0.15) is 6.04 Å². The zero-order valence-corrected chi connectivity index (χ0v) is 13.0. The van der Waals surface area contributed by atoms with Crippen LogP contribution in [0, 0.1) is 0 Å². The Balaban J connectivity index is 1.77. The fourth-order valence-electron chi connectivity index (χ4n) is 2.94. The van der Waals surface area contributed by atoms with Gasteiger partial charge in [0.25, 0.3) is 0 Å². The highest BCUT2D eigenvalue weighted by molar-refractivity contribution is 5.88. The molecule has 2 saturated carbocycles. The average Bonchev–Trinajstić information content (AvgIpc) is 3.31. The molecule has 0 bridgehead atoms. The van der Waals surface area contributed by atoms with Crippen molar-refractivity contribution >= 4 is 17.9 Å². The molecule has 0 saturated heterocycles. The van der Waals surface area contributed by atoms with Crippen molar-refractivity contribution in [2.45, 2.75) is 70.0 Å². The summed E-state index contributed by atoms with van der Waals surface area (Å²) in [5.74, 6) is -1.36. The fourth-order valence-corrected chi connectivity index (χ4v) is 2.94. The SMILES string of the molecule is CC(C(=O)O)N(C(=O)CNC(=O)NC1CCCCC1)C1CC1. The second-order valence-electron chi connectivity index (χ2n) is 6.21. The second-order valence-corrected chi connectivity index (χ2v) is 6.21. The molecule has 3 N–H and O–H groups in total. The summed E-state index contributed by atoms with van der Waals surface area (Å²) < 4.78 is 0. The van der Waals surface area contributed by atoms with Crippen LogP contribution in [0.2, 0.25) is 0 Å². The number of amides is 3. The van der Waals surface area contributed by atoms with Crippen molar-refractivity contribution < 1.29 is 19.5 Å². The number of carboxylic acid groups (broad SMARTS) is 1. The van der Waals surface area contributed by atoms with Crippen LogP contribution >= 0.6 is 0 Å². The van der Waals surface area contributed by atoms with E-state index in [0.717, 1.165) is 38.5 Å². The van der Waals surface area contributed by atoms with E-state index in [2.05, 4.69) is 10.6 Å². The number of carbonyl (C=O) groups is 3. The maximum absolute atomic E-state index is 12.2. The lowest BCUT2D eigenvalue weighted by molar-refractivity contribution is -0.149. The zero-order valence-electron chi connectivity index (χ0n) is 13.0. The number of urea groups is 1. The Bertz CT molecular complexity index is 431. The molecule has 2 aliphatic rings. The highest BCUT2D eigenvalue weighted by Gasteiger charge is 2.38. The molecule has 0 radical (unpaired) electrons. The van der Waals surface area contributed by atoms with E-state index in [0.29, 0.717) is 0 Å². The molecule has 0 spiro atoms. The third-order valence-corrected chi connectivity index (χ3v) is 4.34. The number of rotatable bonds is 6. The number of carboxylic acids is 1. The summed E-state index contributed by atoms with van der Waals surface area (Å²) in [4.78, 5) is 36.5. The van der Waals surface area contributed by atoms with Crippen molar-refractivity contribution in [3.8, 4) is 0 Å². The fraction of sp³-hybridized carbons (Fsp3) is 0.800. The molecule has 0 aromatic heterocycles. The van der Waals surface area contributed by atoms with Gasteiger partial charge in [-0.25, -0.2) is 9.59 Å². The smallest absolute Gasteiger partial charge is 0.326 e. The van der Waals surface area contributed by atoms with E-state index in [-0.39, 0.29) is 30.6 Å². The summed E-state index contributed by atoms with van der Waals surface area (Å²) in [6.45, 7) is 1.34. The summed E-state index contributed by atoms with van der Waals surface area (Å²) in [6, 6.07) is -1.02. The van der Waals surface area contributed by atoms with Crippen LogP contribution in [0.3, 0.4) is 0 Å². The van der Waals surface area contributed by atoms with Crippen molar-refractivity contribution in [2.75, 3.05) is 6.54 Å². The number of aliphatic carboxylic acids is 1. The maximum Gasteiger partial charge on any atom is 0.326 e. The molecule has 0 heterocycles. The second kappa shape index (κ2) is 7.47. The molecule has 124 valence electrons. The highest BCUT2D eigenvalue weighted by Crippen LogP contribution is 2.28. The van der Waals surface area contributed by atoms with Crippen molar-refractivity contribution in [2.24, 2.45) is 0 Å². The van der Waals surface area contributed by atoms with Gasteiger partial charge in [0.15, 0.2) is 0 Å². The predicted octanol–water partition coefficient (Wildman–Crippen LogP) is 1.08. The van der Waals surface area contributed by atoms with Gasteiger partial charge in [0, 0.05) is 12.1 Å². The molecule has 2 rings (SSSR count). The Hall–Kier alpha value is -1.79. The monoisotopic (exact) mass is 311 g/mol. The zero-order chi connectivity index (χ0) is 16.1. The quantitative estimate of drug-likeness (QED) is 0.683. The summed E-state index contributed by atoms with van der Waals surface area (Å²) >= 11 is 0. The van der Waals surface area contributed by atoms with Crippen LogP contribution in [0.4, 0.5) is 4.79 Å². The molecule has 7 heteroatoms.